The van der Waals surface area contributed by atoms with Crippen molar-refractivity contribution in [3.8, 4) is 0 Å². The molecular weight excluding hydrogens is 427 g/mol. The number of nitrogens with one attached hydrogen (secondary N) is 2. The molecule has 1 heterocycles. The highest BCUT2D eigenvalue weighted by Gasteiger charge is 2.26. The van der Waals surface area contributed by atoms with Crippen LogP contribution in [0.2, 0.25) is 0 Å². The maximum atomic E-state index is 13.7. The molecule has 2 N–H and O–H groups in total. The Morgan fingerprint density at radius 3 is 2.48 bits per heavy atom. The molecule has 10 heteroatoms. The third-order valence-corrected chi connectivity index (χ3v) is 5.98. The minimum absolute atomic E-state index is 0.476. The SMILES string of the molecule is C[C@H](NS(=O)(=O)c1ccccc1F)C(=O)OCC(=O)N[C@H](C)c1cc2ccccc2o1. The minimum atomic E-state index is -4.28. The molecule has 0 aliphatic heterocycles. The largest absolute Gasteiger partial charge is 0.459 e. The molecule has 2 aromatic carbocycles. The van der Waals surface area contributed by atoms with Crippen molar-refractivity contribution in [2.75, 3.05) is 6.61 Å². The number of fused-ring (bicyclic) bond motifs is 1. The van der Waals surface area contributed by atoms with Crippen LogP contribution in [-0.2, 0) is 24.3 Å². The highest BCUT2D eigenvalue weighted by molar-refractivity contribution is 7.89. The number of furan rings is 1. The van der Waals surface area contributed by atoms with Crippen molar-refractivity contribution in [3.05, 3.63) is 66.2 Å². The lowest BCUT2D eigenvalue weighted by atomic mass is 10.2. The highest BCUT2D eigenvalue weighted by atomic mass is 32.2. The second-order valence-corrected chi connectivity index (χ2v) is 8.54. The van der Waals surface area contributed by atoms with Crippen LogP contribution < -0.4 is 10.0 Å². The molecule has 0 unspecified atom stereocenters. The number of carbonyl (C=O) groups excluding carboxylic acids is 2. The normalized spacial score (nSPS) is 13.5. The van der Waals surface area contributed by atoms with Gasteiger partial charge in [-0.05, 0) is 38.1 Å². The van der Waals surface area contributed by atoms with Crippen LogP contribution in [0.25, 0.3) is 11.0 Å². The number of ether oxygens (including phenoxy) is 1. The number of carbonyl (C=O) groups is 2. The van der Waals surface area contributed by atoms with Crippen molar-refractivity contribution >= 4 is 32.9 Å². The van der Waals surface area contributed by atoms with E-state index in [1.54, 1.807) is 19.1 Å². The summed E-state index contributed by atoms with van der Waals surface area (Å²) in [7, 11) is -4.28. The van der Waals surface area contributed by atoms with Crippen LogP contribution >= 0.6 is 0 Å². The van der Waals surface area contributed by atoms with E-state index in [9.17, 15) is 22.4 Å². The van der Waals surface area contributed by atoms with Gasteiger partial charge in [0.1, 0.15) is 28.1 Å². The van der Waals surface area contributed by atoms with Crippen molar-refractivity contribution in [2.45, 2.75) is 30.8 Å². The lowest BCUT2D eigenvalue weighted by Crippen LogP contribution is -2.41. The zero-order chi connectivity index (χ0) is 22.6. The van der Waals surface area contributed by atoms with Crippen LogP contribution in [-0.4, -0.2) is 32.9 Å². The molecule has 0 saturated heterocycles. The van der Waals surface area contributed by atoms with Gasteiger partial charge in [-0.3, -0.25) is 9.59 Å². The summed E-state index contributed by atoms with van der Waals surface area (Å²) in [5.41, 5.74) is 0.681. The van der Waals surface area contributed by atoms with Crippen LogP contribution in [0.4, 0.5) is 4.39 Å². The van der Waals surface area contributed by atoms with E-state index in [0.29, 0.717) is 11.3 Å². The van der Waals surface area contributed by atoms with Crippen LogP contribution in [0.1, 0.15) is 25.6 Å². The van der Waals surface area contributed by atoms with E-state index < -0.39 is 51.3 Å². The second-order valence-electron chi connectivity index (χ2n) is 6.86. The molecule has 0 spiro atoms. The number of amides is 1. The monoisotopic (exact) mass is 448 g/mol. The molecule has 3 rings (SSSR count). The first-order valence-corrected chi connectivity index (χ1v) is 10.9. The van der Waals surface area contributed by atoms with Crippen LogP contribution in [0.15, 0.2) is 63.9 Å². The molecule has 164 valence electrons. The van der Waals surface area contributed by atoms with Gasteiger partial charge in [0.25, 0.3) is 5.91 Å². The molecule has 0 fully saturated rings. The van der Waals surface area contributed by atoms with Crippen molar-refractivity contribution in [1.29, 1.82) is 0 Å². The van der Waals surface area contributed by atoms with Crippen LogP contribution in [0.5, 0.6) is 0 Å². The Morgan fingerprint density at radius 2 is 1.77 bits per heavy atom. The van der Waals surface area contributed by atoms with Crippen LogP contribution in [0, 0.1) is 5.82 Å². The zero-order valence-corrected chi connectivity index (χ0v) is 17.6. The first kappa shape index (κ1) is 22.4. The van der Waals surface area contributed by atoms with Gasteiger partial charge >= 0.3 is 5.97 Å². The molecule has 1 amide bonds. The summed E-state index contributed by atoms with van der Waals surface area (Å²) in [5.74, 6) is -1.99. The summed E-state index contributed by atoms with van der Waals surface area (Å²) in [6, 6.07) is 12.1. The van der Waals surface area contributed by atoms with E-state index in [1.165, 1.54) is 19.1 Å². The van der Waals surface area contributed by atoms with E-state index in [4.69, 9.17) is 9.15 Å². The summed E-state index contributed by atoms with van der Waals surface area (Å²) in [4.78, 5) is 23.6. The Hall–Kier alpha value is -3.24. The van der Waals surface area contributed by atoms with E-state index in [1.807, 2.05) is 22.9 Å². The van der Waals surface area contributed by atoms with E-state index in [2.05, 4.69) is 5.32 Å². The van der Waals surface area contributed by atoms with Crippen molar-refractivity contribution in [2.24, 2.45) is 0 Å². The van der Waals surface area contributed by atoms with Crippen molar-refractivity contribution < 1.29 is 31.6 Å². The average Bonchev–Trinajstić information content (AvgIpc) is 3.16. The quantitative estimate of drug-likeness (QED) is 0.512. The lowest BCUT2D eigenvalue weighted by Gasteiger charge is -2.15. The molecule has 0 radical (unpaired) electrons. The molecule has 3 aromatic rings. The molecule has 0 bridgehead atoms. The maximum Gasteiger partial charge on any atom is 0.324 e. The third-order valence-electron chi connectivity index (χ3n) is 4.41. The Morgan fingerprint density at radius 1 is 1.10 bits per heavy atom. The molecule has 2 atom stereocenters. The van der Waals surface area contributed by atoms with Gasteiger partial charge < -0.3 is 14.5 Å². The molecule has 8 nitrogen and oxygen atoms in total. The summed E-state index contributed by atoms with van der Waals surface area (Å²) in [6.45, 7) is 2.33. The Kier molecular flexibility index (Phi) is 6.71. The molecular formula is C21H21FN2O6S. The van der Waals surface area contributed by atoms with Gasteiger partial charge in [-0.25, -0.2) is 12.8 Å². The maximum absolute atomic E-state index is 13.7. The topological polar surface area (TPSA) is 115 Å². The molecule has 0 aliphatic carbocycles. The predicted octanol–water partition coefficient (Wildman–Crippen LogP) is 2.66. The van der Waals surface area contributed by atoms with Crippen molar-refractivity contribution in [1.82, 2.24) is 10.0 Å². The number of esters is 1. The third kappa shape index (κ3) is 5.47. The summed E-state index contributed by atoms with van der Waals surface area (Å²) >= 11 is 0. The molecule has 31 heavy (non-hydrogen) atoms. The van der Waals surface area contributed by atoms with E-state index >= 15 is 0 Å². The van der Waals surface area contributed by atoms with Gasteiger partial charge in [0.15, 0.2) is 6.61 Å². The minimum Gasteiger partial charge on any atom is -0.459 e. The number of hydrogen-bond acceptors (Lipinski definition) is 6. The zero-order valence-electron chi connectivity index (χ0n) is 16.8. The number of rotatable bonds is 8. The van der Waals surface area contributed by atoms with Gasteiger partial charge in [0.05, 0.1) is 6.04 Å². The molecule has 0 aliphatic rings. The number of para-hydroxylation sites is 1. The average molecular weight is 448 g/mol. The fraction of sp³-hybridized carbons (Fsp3) is 0.238. The standard InChI is InChI=1S/C21H21FN2O6S/c1-13(18-11-15-7-3-5-9-17(15)30-18)23-20(25)12-29-21(26)14(2)24-31(27,28)19-10-6-4-8-16(19)22/h3-11,13-14,24H,12H2,1-2H3,(H,23,25)/t13-,14+/m1/s1. The van der Waals surface area contributed by atoms with Gasteiger partial charge in [0, 0.05) is 5.39 Å². The van der Waals surface area contributed by atoms with Gasteiger partial charge in [-0.2, -0.15) is 4.72 Å². The smallest absolute Gasteiger partial charge is 0.324 e. The summed E-state index contributed by atoms with van der Waals surface area (Å²) in [5, 5.41) is 3.52. The second kappa shape index (κ2) is 9.27. The summed E-state index contributed by atoms with van der Waals surface area (Å²) in [6.07, 6.45) is 0. The fourth-order valence-corrected chi connectivity index (χ4v) is 4.11. The first-order chi connectivity index (χ1) is 14.7. The van der Waals surface area contributed by atoms with Crippen molar-refractivity contribution in [3.63, 3.8) is 0 Å². The Balaban J connectivity index is 1.52. The number of hydrogen-bond donors (Lipinski definition) is 2. The first-order valence-electron chi connectivity index (χ1n) is 9.38. The lowest BCUT2D eigenvalue weighted by molar-refractivity contribution is -0.150. The van der Waals surface area contributed by atoms with E-state index in [-0.39, 0.29) is 0 Å². The fourth-order valence-electron chi connectivity index (χ4n) is 2.84. The number of halogens is 1. The van der Waals surface area contributed by atoms with E-state index in [0.717, 1.165) is 17.5 Å². The molecule has 1 aromatic heterocycles. The van der Waals surface area contributed by atoms with Gasteiger partial charge in [-0.1, -0.05) is 30.3 Å². The predicted molar refractivity (Wildman–Crippen MR) is 110 cm³/mol. The van der Waals surface area contributed by atoms with Gasteiger partial charge in [0.2, 0.25) is 10.0 Å². The molecule has 0 saturated carbocycles. The summed E-state index contributed by atoms with van der Waals surface area (Å²) < 4.78 is 50.8. The van der Waals surface area contributed by atoms with Crippen LogP contribution in [0.3, 0.4) is 0 Å². The Bertz CT molecular complexity index is 1170. The number of sulfonamides is 1. The Labute approximate surface area is 178 Å². The highest BCUT2D eigenvalue weighted by Crippen LogP contribution is 2.23. The number of benzene rings is 2. The van der Waals surface area contributed by atoms with Gasteiger partial charge in [-0.15, -0.1) is 0 Å².